The molecule has 0 spiro atoms. The van der Waals surface area contributed by atoms with Gasteiger partial charge in [-0.3, -0.25) is 5.43 Å². The van der Waals surface area contributed by atoms with E-state index in [1.165, 1.54) is 12.1 Å². The molecule has 6 heteroatoms. The van der Waals surface area contributed by atoms with Crippen molar-refractivity contribution in [1.82, 2.24) is 0 Å². The maximum Gasteiger partial charge on any atom is 0.335 e. The number of nitrogens with one attached hydrogen (secondary N) is 1. The van der Waals surface area contributed by atoms with Crippen molar-refractivity contribution in [1.29, 1.82) is 0 Å². The molecule has 0 unspecified atom stereocenters. The highest BCUT2D eigenvalue weighted by molar-refractivity contribution is 5.89. The standard InChI is InChI=1S/C22H20N2O4/c1-27-21-12-17(10-11-20(21)28-15-16-6-3-2-4-7-16)14-23-24-19-9-5-8-18(13-19)22(25)26/h2-14,24H,15H2,1H3,(H,25,26). The minimum Gasteiger partial charge on any atom is -0.493 e. The summed E-state index contributed by atoms with van der Waals surface area (Å²) in [7, 11) is 1.58. The zero-order chi connectivity index (χ0) is 19.8. The molecule has 0 aromatic heterocycles. The number of carboxylic acid groups (broad SMARTS) is 1. The normalized spacial score (nSPS) is 10.6. The fourth-order valence-electron chi connectivity index (χ4n) is 2.52. The van der Waals surface area contributed by atoms with Crippen molar-refractivity contribution in [3.63, 3.8) is 0 Å². The van der Waals surface area contributed by atoms with Gasteiger partial charge in [0.25, 0.3) is 0 Å². The Morgan fingerprint density at radius 1 is 1.04 bits per heavy atom. The predicted octanol–water partition coefficient (Wildman–Crippen LogP) is 4.42. The van der Waals surface area contributed by atoms with Crippen LogP contribution in [0.4, 0.5) is 5.69 Å². The van der Waals surface area contributed by atoms with Crippen LogP contribution in [0.15, 0.2) is 77.9 Å². The first-order chi connectivity index (χ1) is 13.7. The van der Waals surface area contributed by atoms with Crippen LogP contribution in [-0.2, 0) is 6.61 Å². The molecule has 3 rings (SSSR count). The topological polar surface area (TPSA) is 80.2 Å². The molecule has 142 valence electrons. The van der Waals surface area contributed by atoms with Crippen LogP contribution in [0.5, 0.6) is 11.5 Å². The molecule has 0 bridgehead atoms. The van der Waals surface area contributed by atoms with Gasteiger partial charge < -0.3 is 14.6 Å². The molecule has 28 heavy (non-hydrogen) atoms. The molecule has 0 amide bonds. The fraction of sp³-hybridized carbons (Fsp3) is 0.0909. The van der Waals surface area contributed by atoms with Gasteiger partial charge in [-0.1, -0.05) is 36.4 Å². The fourth-order valence-corrected chi connectivity index (χ4v) is 2.52. The molecule has 3 aromatic carbocycles. The molecule has 0 aliphatic rings. The second-order valence-electron chi connectivity index (χ2n) is 5.94. The quantitative estimate of drug-likeness (QED) is 0.449. The summed E-state index contributed by atoms with van der Waals surface area (Å²) in [5.74, 6) is 0.266. The Kier molecular flexibility index (Phi) is 6.25. The van der Waals surface area contributed by atoms with E-state index in [2.05, 4.69) is 10.5 Å². The van der Waals surface area contributed by atoms with Crippen molar-refractivity contribution in [2.24, 2.45) is 5.10 Å². The highest BCUT2D eigenvalue weighted by Gasteiger charge is 2.06. The molecule has 2 N–H and O–H groups in total. The van der Waals surface area contributed by atoms with Gasteiger partial charge in [0.05, 0.1) is 24.6 Å². The summed E-state index contributed by atoms with van der Waals surface area (Å²) in [5, 5.41) is 13.2. The van der Waals surface area contributed by atoms with Gasteiger partial charge in [-0.2, -0.15) is 5.10 Å². The van der Waals surface area contributed by atoms with E-state index in [1.54, 1.807) is 25.5 Å². The van der Waals surface area contributed by atoms with Gasteiger partial charge in [-0.15, -0.1) is 0 Å². The van der Waals surface area contributed by atoms with Crippen LogP contribution in [0.25, 0.3) is 0 Å². The number of anilines is 1. The summed E-state index contributed by atoms with van der Waals surface area (Å²) >= 11 is 0. The van der Waals surface area contributed by atoms with Crippen molar-refractivity contribution in [2.75, 3.05) is 12.5 Å². The zero-order valence-electron chi connectivity index (χ0n) is 15.3. The first kappa shape index (κ1) is 19.0. The number of hydrazone groups is 1. The van der Waals surface area contributed by atoms with Gasteiger partial charge in [-0.25, -0.2) is 4.79 Å². The smallest absolute Gasteiger partial charge is 0.335 e. The highest BCUT2D eigenvalue weighted by atomic mass is 16.5. The monoisotopic (exact) mass is 376 g/mol. The van der Waals surface area contributed by atoms with Crippen LogP contribution in [-0.4, -0.2) is 24.4 Å². The van der Waals surface area contributed by atoms with Gasteiger partial charge in [0.15, 0.2) is 11.5 Å². The zero-order valence-corrected chi connectivity index (χ0v) is 15.3. The summed E-state index contributed by atoms with van der Waals surface area (Å²) in [6, 6.07) is 21.8. The van der Waals surface area contributed by atoms with Gasteiger partial charge in [-0.05, 0) is 47.5 Å². The Morgan fingerprint density at radius 2 is 1.86 bits per heavy atom. The highest BCUT2D eigenvalue weighted by Crippen LogP contribution is 2.28. The predicted molar refractivity (Wildman–Crippen MR) is 108 cm³/mol. The molecule has 0 saturated heterocycles. The van der Waals surface area contributed by atoms with Crippen LogP contribution in [0, 0.1) is 0 Å². The van der Waals surface area contributed by atoms with Crippen LogP contribution >= 0.6 is 0 Å². The van der Waals surface area contributed by atoms with Crippen LogP contribution in [0.2, 0.25) is 0 Å². The summed E-state index contributed by atoms with van der Waals surface area (Å²) in [6.45, 7) is 0.451. The van der Waals surface area contributed by atoms with E-state index >= 15 is 0 Å². The molecule has 0 aliphatic carbocycles. The first-order valence-corrected chi connectivity index (χ1v) is 8.63. The van der Waals surface area contributed by atoms with Crippen LogP contribution in [0.3, 0.4) is 0 Å². The number of aromatic carboxylic acids is 1. The number of benzene rings is 3. The average Bonchev–Trinajstić information content (AvgIpc) is 2.73. The van der Waals surface area contributed by atoms with E-state index in [0.29, 0.717) is 23.8 Å². The number of nitrogens with zero attached hydrogens (tertiary/aromatic N) is 1. The minimum absolute atomic E-state index is 0.196. The number of carbonyl (C=O) groups is 1. The molecule has 0 atom stereocenters. The third kappa shape index (κ3) is 5.11. The Bertz CT molecular complexity index is 971. The van der Waals surface area contributed by atoms with Crippen LogP contribution < -0.4 is 14.9 Å². The van der Waals surface area contributed by atoms with Crippen molar-refractivity contribution >= 4 is 17.9 Å². The molecule has 6 nitrogen and oxygen atoms in total. The summed E-state index contributed by atoms with van der Waals surface area (Å²) in [6.07, 6.45) is 1.62. The van der Waals surface area contributed by atoms with Gasteiger partial charge >= 0.3 is 5.97 Å². The molecule has 0 aliphatic heterocycles. The van der Waals surface area contributed by atoms with Crippen molar-refractivity contribution < 1.29 is 19.4 Å². The summed E-state index contributed by atoms with van der Waals surface area (Å²) < 4.78 is 11.2. The van der Waals surface area contributed by atoms with Gasteiger partial charge in [0, 0.05) is 0 Å². The number of ether oxygens (including phenoxy) is 2. The largest absolute Gasteiger partial charge is 0.493 e. The number of rotatable bonds is 8. The van der Waals surface area contributed by atoms with E-state index < -0.39 is 5.97 Å². The lowest BCUT2D eigenvalue weighted by Gasteiger charge is -2.11. The van der Waals surface area contributed by atoms with E-state index in [-0.39, 0.29) is 5.56 Å². The van der Waals surface area contributed by atoms with Crippen molar-refractivity contribution in [3.8, 4) is 11.5 Å². The summed E-state index contributed by atoms with van der Waals surface area (Å²) in [4.78, 5) is 11.0. The minimum atomic E-state index is -0.983. The number of methoxy groups -OCH3 is 1. The maximum atomic E-state index is 11.0. The van der Waals surface area contributed by atoms with Crippen LogP contribution in [0.1, 0.15) is 21.5 Å². The Hall–Kier alpha value is -3.80. The summed E-state index contributed by atoms with van der Waals surface area (Å²) in [5.41, 5.74) is 5.49. The lowest BCUT2D eigenvalue weighted by molar-refractivity contribution is 0.0697. The SMILES string of the molecule is COc1cc(C=NNc2cccc(C(=O)O)c2)ccc1OCc1ccccc1. The van der Waals surface area contributed by atoms with E-state index in [1.807, 2.05) is 48.5 Å². The van der Waals surface area contributed by atoms with Crippen molar-refractivity contribution in [3.05, 3.63) is 89.5 Å². The molecule has 0 heterocycles. The molecule has 0 radical (unpaired) electrons. The molecular formula is C22H20N2O4. The lowest BCUT2D eigenvalue weighted by Crippen LogP contribution is -1.99. The number of hydrogen-bond donors (Lipinski definition) is 2. The number of hydrogen-bond acceptors (Lipinski definition) is 5. The van der Waals surface area contributed by atoms with E-state index in [9.17, 15) is 4.79 Å². The second kappa shape index (κ2) is 9.23. The Balaban J connectivity index is 1.65. The first-order valence-electron chi connectivity index (χ1n) is 8.63. The molecular weight excluding hydrogens is 356 g/mol. The molecule has 0 fully saturated rings. The molecule has 3 aromatic rings. The van der Waals surface area contributed by atoms with E-state index in [0.717, 1.165) is 11.1 Å². The average molecular weight is 376 g/mol. The maximum absolute atomic E-state index is 11.0. The second-order valence-corrected chi connectivity index (χ2v) is 5.94. The van der Waals surface area contributed by atoms with E-state index in [4.69, 9.17) is 14.6 Å². The number of carboxylic acids is 1. The third-order valence-electron chi connectivity index (χ3n) is 3.94. The third-order valence-corrected chi connectivity index (χ3v) is 3.94. The van der Waals surface area contributed by atoms with Crippen molar-refractivity contribution in [2.45, 2.75) is 6.61 Å². The molecule has 0 saturated carbocycles. The Morgan fingerprint density at radius 3 is 2.61 bits per heavy atom. The van der Waals surface area contributed by atoms with Gasteiger partial charge in [0.2, 0.25) is 0 Å². The van der Waals surface area contributed by atoms with Gasteiger partial charge in [0.1, 0.15) is 6.61 Å². The Labute approximate surface area is 163 Å². The lowest BCUT2D eigenvalue weighted by atomic mass is 10.2.